The van der Waals surface area contributed by atoms with Crippen molar-refractivity contribution in [3.05, 3.63) is 90.3 Å². The molecule has 0 saturated heterocycles. The number of aromatic nitrogens is 3. The fourth-order valence-electron chi connectivity index (χ4n) is 3.48. The largest absolute Gasteiger partial charge is 0.309 e. The summed E-state index contributed by atoms with van der Waals surface area (Å²) >= 11 is 5.98. The molecule has 3 aromatic carbocycles. The molecule has 0 aliphatic heterocycles. The van der Waals surface area contributed by atoms with Crippen LogP contribution in [-0.2, 0) is 0 Å². The van der Waals surface area contributed by atoms with Gasteiger partial charge in [0, 0.05) is 28.2 Å². The van der Waals surface area contributed by atoms with Crippen LogP contribution in [-0.4, -0.2) is 14.5 Å². The number of hydrogen-bond donors (Lipinski definition) is 0. The lowest BCUT2D eigenvalue weighted by molar-refractivity contribution is 1.17. The number of benzene rings is 3. The van der Waals surface area contributed by atoms with Crippen molar-refractivity contribution in [1.29, 1.82) is 0 Å². The zero-order chi connectivity index (χ0) is 17.5. The van der Waals surface area contributed by atoms with Crippen LogP contribution in [0.5, 0.6) is 0 Å². The summed E-state index contributed by atoms with van der Waals surface area (Å²) in [5.41, 5.74) is 5.30. The highest BCUT2D eigenvalue weighted by Gasteiger charge is 2.13. The van der Waals surface area contributed by atoms with Gasteiger partial charge >= 0.3 is 0 Å². The minimum absolute atomic E-state index is 0.256. The molecule has 0 saturated carbocycles. The van der Waals surface area contributed by atoms with Crippen molar-refractivity contribution < 1.29 is 0 Å². The SMILES string of the molecule is Clc1nccc(-c2ccc3c4ccccc4n(-c4ccccc4)c3c2)n1. The molecule has 0 aliphatic carbocycles. The predicted molar refractivity (Wildman–Crippen MR) is 107 cm³/mol. The van der Waals surface area contributed by atoms with E-state index in [1.165, 1.54) is 16.3 Å². The predicted octanol–water partition coefficient (Wildman–Crippen LogP) is 5.89. The third-order valence-electron chi connectivity index (χ3n) is 4.61. The van der Waals surface area contributed by atoms with Crippen molar-refractivity contribution in [2.75, 3.05) is 0 Å². The second-order valence-electron chi connectivity index (χ2n) is 6.13. The number of hydrogen-bond acceptors (Lipinski definition) is 2. The van der Waals surface area contributed by atoms with E-state index in [1.807, 2.05) is 12.1 Å². The van der Waals surface area contributed by atoms with Gasteiger partial charge < -0.3 is 4.57 Å². The molecular weight excluding hydrogens is 342 g/mol. The van der Waals surface area contributed by atoms with Gasteiger partial charge in [0.2, 0.25) is 5.28 Å². The Morgan fingerprint density at radius 1 is 0.731 bits per heavy atom. The van der Waals surface area contributed by atoms with Gasteiger partial charge in [0.25, 0.3) is 0 Å². The quantitative estimate of drug-likeness (QED) is 0.369. The molecule has 4 heteroatoms. The molecule has 0 unspecified atom stereocenters. The van der Waals surface area contributed by atoms with Crippen molar-refractivity contribution in [2.24, 2.45) is 0 Å². The van der Waals surface area contributed by atoms with Gasteiger partial charge in [-0.1, -0.05) is 48.5 Å². The average molecular weight is 356 g/mol. The summed E-state index contributed by atoms with van der Waals surface area (Å²) in [6, 6.07) is 27.2. The minimum Gasteiger partial charge on any atom is -0.309 e. The van der Waals surface area contributed by atoms with Gasteiger partial charge in [0.05, 0.1) is 16.7 Å². The fourth-order valence-corrected chi connectivity index (χ4v) is 3.63. The number of rotatable bonds is 2. The van der Waals surface area contributed by atoms with Crippen LogP contribution in [0.15, 0.2) is 85.1 Å². The van der Waals surface area contributed by atoms with Crippen LogP contribution in [0.2, 0.25) is 5.28 Å². The Labute approximate surface area is 155 Å². The molecule has 0 atom stereocenters. The first kappa shape index (κ1) is 15.1. The van der Waals surface area contributed by atoms with Crippen molar-refractivity contribution in [1.82, 2.24) is 14.5 Å². The monoisotopic (exact) mass is 355 g/mol. The van der Waals surface area contributed by atoms with Gasteiger partial charge in [-0.25, -0.2) is 9.97 Å². The molecule has 5 rings (SSSR count). The Morgan fingerprint density at radius 2 is 1.50 bits per heavy atom. The van der Waals surface area contributed by atoms with Gasteiger partial charge in [-0.05, 0) is 41.9 Å². The van der Waals surface area contributed by atoms with E-state index in [-0.39, 0.29) is 5.28 Å². The average Bonchev–Trinajstić information content (AvgIpc) is 3.02. The summed E-state index contributed by atoms with van der Waals surface area (Å²) in [5, 5.41) is 2.71. The van der Waals surface area contributed by atoms with Gasteiger partial charge in [-0.15, -0.1) is 0 Å². The van der Waals surface area contributed by atoms with Crippen molar-refractivity contribution in [2.45, 2.75) is 0 Å². The third kappa shape index (κ3) is 2.37. The Balaban J connectivity index is 1.86. The topological polar surface area (TPSA) is 30.7 Å². The number of nitrogens with zero attached hydrogens (tertiary/aromatic N) is 3. The molecule has 124 valence electrons. The Bertz CT molecular complexity index is 1240. The number of para-hydroxylation sites is 2. The maximum Gasteiger partial charge on any atom is 0.222 e. The first-order chi connectivity index (χ1) is 12.8. The first-order valence-corrected chi connectivity index (χ1v) is 8.76. The van der Waals surface area contributed by atoms with Gasteiger partial charge in [-0.3, -0.25) is 0 Å². The Hall–Kier alpha value is -3.17. The Morgan fingerprint density at radius 3 is 2.35 bits per heavy atom. The van der Waals surface area contributed by atoms with Crippen molar-refractivity contribution in [3.63, 3.8) is 0 Å². The first-order valence-electron chi connectivity index (χ1n) is 8.39. The Kier molecular flexibility index (Phi) is 3.47. The number of halogens is 1. The molecule has 0 spiro atoms. The highest BCUT2D eigenvalue weighted by Crippen LogP contribution is 2.34. The maximum atomic E-state index is 5.98. The summed E-state index contributed by atoms with van der Waals surface area (Å²) in [6.07, 6.45) is 1.68. The van der Waals surface area contributed by atoms with E-state index in [0.717, 1.165) is 22.5 Å². The molecule has 0 radical (unpaired) electrons. The zero-order valence-electron chi connectivity index (χ0n) is 13.8. The summed E-state index contributed by atoms with van der Waals surface area (Å²) in [7, 11) is 0. The van der Waals surface area contributed by atoms with Crippen LogP contribution < -0.4 is 0 Å². The van der Waals surface area contributed by atoms with Crippen LogP contribution in [0.1, 0.15) is 0 Å². The minimum atomic E-state index is 0.256. The molecule has 0 amide bonds. The highest BCUT2D eigenvalue weighted by atomic mass is 35.5. The summed E-state index contributed by atoms with van der Waals surface area (Å²) in [6.45, 7) is 0. The van der Waals surface area contributed by atoms with E-state index in [4.69, 9.17) is 11.6 Å². The van der Waals surface area contributed by atoms with E-state index >= 15 is 0 Å². The van der Waals surface area contributed by atoms with E-state index in [0.29, 0.717) is 0 Å². The molecule has 5 aromatic rings. The van der Waals surface area contributed by atoms with E-state index in [1.54, 1.807) is 6.20 Å². The zero-order valence-corrected chi connectivity index (χ0v) is 14.6. The molecule has 2 heterocycles. The van der Waals surface area contributed by atoms with Gasteiger partial charge in [0.1, 0.15) is 0 Å². The molecule has 0 fully saturated rings. The van der Waals surface area contributed by atoms with Gasteiger partial charge in [0.15, 0.2) is 0 Å². The molecule has 26 heavy (non-hydrogen) atoms. The van der Waals surface area contributed by atoms with Crippen LogP contribution in [0, 0.1) is 0 Å². The lowest BCUT2D eigenvalue weighted by Crippen LogP contribution is -1.93. The smallest absolute Gasteiger partial charge is 0.222 e. The van der Waals surface area contributed by atoms with Crippen LogP contribution >= 0.6 is 11.6 Å². The lowest BCUT2D eigenvalue weighted by Gasteiger charge is -2.08. The molecule has 0 bridgehead atoms. The standard InChI is InChI=1S/C22H14ClN3/c23-22-24-13-12-19(25-22)15-10-11-18-17-8-4-5-9-20(17)26(21(18)14-15)16-6-2-1-3-7-16/h1-14H. The van der Waals surface area contributed by atoms with Crippen molar-refractivity contribution in [3.8, 4) is 16.9 Å². The van der Waals surface area contributed by atoms with E-state index in [2.05, 4.69) is 81.3 Å². The second kappa shape index (κ2) is 5.97. The fraction of sp³-hybridized carbons (Fsp3) is 0. The van der Waals surface area contributed by atoms with Crippen LogP contribution in [0.4, 0.5) is 0 Å². The molecule has 0 N–H and O–H groups in total. The molecule has 2 aromatic heterocycles. The second-order valence-corrected chi connectivity index (χ2v) is 6.47. The summed E-state index contributed by atoms with van der Waals surface area (Å²) < 4.78 is 2.29. The maximum absolute atomic E-state index is 5.98. The molecule has 0 aliphatic rings. The normalized spacial score (nSPS) is 11.3. The van der Waals surface area contributed by atoms with Crippen LogP contribution in [0.3, 0.4) is 0 Å². The number of fused-ring (bicyclic) bond motifs is 3. The lowest BCUT2D eigenvalue weighted by atomic mass is 10.1. The van der Waals surface area contributed by atoms with E-state index in [9.17, 15) is 0 Å². The van der Waals surface area contributed by atoms with Crippen LogP contribution in [0.25, 0.3) is 38.8 Å². The highest BCUT2D eigenvalue weighted by molar-refractivity contribution is 6.28. The summed E-state index contributed by atoms with van der Waals surface area (Å²) in [4.78, 5) is 8.33. The third-order valence-corrected chi connectivity index (χ3v) is 4.79. The molecule has 3 nitrogen and oxygen atoms in total. The summed E-state index contributed by atoms with van der Waals surface area (Å²) in [5.74, 6) is 0. The van der Waals surface area contributed by atoms with E-state index < -0.39 is 0 Å². The molecular formula is C22H14ClN3. The van der Waals surface area contributed by atoms with Gasteiger partial charge in [-0.2, -0.15) is 0 Å². The van der Waals surface area contributed by atoms with Crippen molar-refractivity contribution >= 4 is 33.4 Å².